The molecule has 21 heavy (non-hydrogen) atoms. The molecule has 0 saturated carbocycles. The molecule has 0 aliphatic heterocycles. The lowest BCUT2D eigenvalue weighted by Gasteiger charge is -2.28. The normalized spacial score (nSPS) is 18.0. The topological polar surface area (TPSA) is 50.2 Å². The molecule has 1 unspecified atom stereocenters. The summed E-state index contributed by atoms with van der Waals surface area (Å²) < 4.78 is 0. The summed E-state index contributed by atoms with van der Waals surface area (Å²) in [5.74, 6) is 0.148. The van der Waals surface area contributed by atoms with Gasteiger partial charge in [-0.05, 0) is 48.8 Å². The lowest BCUT2D eigenvalue weighted by atomic mass is 9.78. The summed E-state index contributed by atoms with van der Waals surface area (Å²) in [5, 5.41) is 10.7. The monoisotopic (exact) mass is 303 g/mol. The first-order chi connectivity index (χ1) is 9.99. The fourth-order valence-electron chi connectivity index (χ4n) is 3.28. The van der Waals surface area contributed by atoms with Crippen LogP contribution in [0.3, 0.4) is 0 Å². The fourth-order valence-corrected chi connectivity index (χ4v) is 3.54. The highest BCUT2D eigenvalue weighted by Gasteiger charge is 2.28. The van der Waals surface area contributed by atoms with Crippen molar-refractivity contribution in [3.05, 3.63) is 40.0 Å². The number of halogens is 1. The number of carboxylic acids is 1. The van der Waals surface area contributed by atoms with E-state index < -0.39 is 5.97 Å². The average Bonchev–Trinajstić information content (AvgIpc) is 2.44. The van der Waals surface area contributed by atoms with Crippen LogP contribution in [-0.4, -0.2) is 16.1 Å². The number of aromatic nitrogens is 1. The summed E-state index contributed by atoms with van der Waals surface area (Å²) in [7, 11) is 0. The van der Waals surface area contributed by atoms with Gasteiger partial charge < -0.3 is 5.11 Å². The first-order valence-electron chi connectivity index (χ1n) is 7.32. The Bertz CT molecular complexity index is 724. The maximum atomic E-state index is 11.8. The van der Waals surface area contributed by atoms with Crippen LogP contribution >= 0.6 is 11.6 Å². The molecule has 0 amide bonds. The van der Waals surface area contributed by atoms with Crippen LogP contribution in [0.25, 0.3) is 10.9 Å². The van der Waals surface area contributed by atoms with E-state index in [0.29, 0.717) is 33.3 Å². The zero-order valence-electron chi connectivity index (χ0n) is 12.2. The number of hydrogen-bond acceptors (Lipinski definition) is 2. The van der Waals surface area contributed by atoms with Gasteiger partial charge in [-0.25, -0.2) is 4.79 Å². The summed E-state index contributed by atoms with van der Waals surface area (Å²) in [5.41, 5.74) is 2.85. The van der Waals surface area contributed by atoms with Crippen molar-refractivity contribution in [2.75, 3.05) is 0 Å². The molecule has 2 aromatic rings. The second-order valence-corrected chi connectivity index (χ2v) is 6.51. The number of hydrogen-bond donors (Lipinski definition) is 1. The van der Waals surface area contributed by atoms with Crippen LogP contribution in [0, 0.1) is 11.8 Å². The van der Waals surface area contributed by atoms with Crippen molar-refractivity contribution < 1.29 is 9.90 Å². The van der Waals surface area contributed by atoms with Crippen molar-refractivity contribution in [2.24, 2.45) is 11.8 Å². The highest BCUT2D eigenvalue weighted by atomic mass is 35.5. The lowest BCUT2D eigenvalue weighted by molar-refractivity contribution is 0.0696. The standard InChI is InChI=1S/C17H18ClNO2/c1-9(2)10-6-7-13-11(8-10)15(17(20)21)16-12(18)4-3-5-14(16)19-13/h3-5,9-10H,6-8H2,1-2H3,(H,20,21). The number of carboxylic acid groups (broad SMARTS) is 1. The second-order valence-electron chi connectivity index (χ2n) is 6.10. The Morgan fingerprint density at radius 2 is 2.19 bits per heavy atom. The molecule has 0 fully saturated rings. The summed E-state index contributed by atoms with van der Waals surface area (Å²) in [4.78, 5) is 16.5. The Hall–Kier alpha value is -1.61. The molecular formula is C17H18ClNO2. The minimum Gasteiger partial charge on any atom is -0.478 e. The number of aryl methyl sites for hydroxylation is 1. The third-order valence-electron chi connectivity index (χ3n) is 4.52. The zero-order chi connectivity index (χ0) is 15.1. The van der Waals surface area contributed by atoms with E-state index in [1.165, 1.54) is 0 Å². The maximum Gasteiger partial charge on any atom is 0.336 e. The molecule has 3 nitrogen and oxygen atoms in total. The molecule has 1 N–H and O–H groups in total. The third kappa shape index (κ3) is 2.40. The van der Waals surface area contributed by atoms with E-state index in [2.05, 4.69) is 18.8 Å². The molecule has 1 aliphatic carbocycles. The van der Waals surface area contributed by atoms with E-state index >= 15 is 0 Å². The van der Waals surface area contributed by atoms with Crippen molar-refractivity contribution in [1.82, 2.24) is 4.98 Å². The molecule has 1 aromatic carbocycles. The first kappa shape index (κ1) is 14.3. The Labute approximate surface area is 129 Å². The van der Waals surface area contributed by atoms with Gasteiger partial charge in [0.25, 0.3) is 0 Å². The van der Waals surface area contributed by atoms with Gasteiger partial charge in [0.15, 0.2) is 0 Å². The van der Waals surface area contributed by atoms with Gasteiger partial charge in [0, 0.05) is 11.1 Å². The summed E-state index contributed by atoms with van der Waals surface area (Å²) in [6.45, 7) is 4.38. The number of rotatable bonds is 2. The van der Waals surface area contributed by atoms with Gasteiger partial charge in [-0.2, -0.15) is 0 Å². The molecule has 110 valence electrons. The van der Waals surface area contributed by atoms with Crippen LogP contribution < -0.4 is 0 Å². The number of fused-ring (bicyclic) bond motifs is 2. The fraction of sp³-hybridized carbons (Fsp3) is 0.412. The second kappa shape index (κ2) is 5.30. The quantitative estimate of drug-likeness (QED) is 0.897. The van der Waals surface area contributed by atoms with Crippen LogP contribution in [0.15, 0.2) is 18.2 Å². The molecule has 1 atom stereocenters. The largest absolute Gasteiger partial charge is 0.478 e. The molecule has 0 saturated heterocycles. The maximum absolute atomic E-state index is 11.8. The highest BCUT2D eigenvalue weighted by Crippen LogP contribution is 2.36. The Balaban J connectivity index is 2.29. The number of benzene rings is 1. The van der Waals surface area contributed by atoms with E-state index in [0.717, 1.165) is 30.5 Å². The highest BCUT2D eigenvalue weighted by molar-refractivity contribution is 6.36. The predicted octanol–water partition coefficient (Wildman–Crippen LogP) is 4.35. The molecule has 0 spiro atoms. The molecule has 0 radical (unpaired) electrons. The SMILES string of the molecule is CC(C)C1CCc2nc3cccc(Cl)c3c(C(=O)O)c2C1. The van der Waals surface area contributed by atoms with Crippen LogP contribution in [0.4, 0.5) is 0 Å². The van der Waals surface area contributed by atoms with E-state index in [1.807, 2.05) is 12.1 Å². The van der Waals surface area contributed by atoms with Gasteiger partial charge in [-0.3, -0.25) is 4.98 Å². The smallest absolute Gasteiger partial charge is 0.336 e. The first-order valence-corrected chi connectivity index (χ1v) is 7.70. The molecule has 0 bridgehead atoms. The Kier molecular flexibility index (Phi) is 3.62. The van der Waals surface area contributed by atoms with E-state index in [-0.39, 0.29) is 0 Å². The number of aromatic carboxylic acids is 1. The van der Waals surface area contributed by atoms with Crippen molar-refractivity contribution >= 4 is 28.5 Å². The van der Waals surface area contributed by atoms with Gasteiger partial charge in [0.05, 0.1) is 16.1 Å². The molecule has 4 heteroatoms. The number of pyridine rings is 1. The van der Waals surface area contributed by atoms with Crippen LogP contribution in [0.2, 0.25) is 5.02 Å². The van der Waals surface area contributed by atoms with Crippen LogP contribution in [-0.2, 0) is 12.8 Å². The molecular weight excluding hydrogens is 286 g/mol. The average molecular weight is 304 g/mol. The Morgan fingerprint density at radius 3 is 2.86 bits per heavy atom. The van der Waals surface area contributed by atoms with Crippen molar-refractivity contribution in [3.63, 3.8) is 0 Å². The number of nitrogens with zero attached hydrogens (tertiary/aromatic N) is 1. The van der Waals surface area contributed by atoms with E-state index in [9.17, 15) is 9.90 Å². The van der Waals surface area contributed by atoms with Crippen molar-refractivity contribution in [1.29, 1.82) is 0 Å². The van der Waals surface area contributed by atoms with Crippen molar-refractivity contribution in [2.45, 2.75) is 33.1 Å². The van der Waals surface area contributed by atoms with Gasteiger partial charge in [-0.15, -0.1) is 0 Å². The van der Waals surface area contributed by atoms with Crippen LogP contribution in [0.1, 0.15) is 41.9 Å². The lowest BCUT2D eigenvalue weighted by Crippen LogP contribution is -2.23. The van der Waals surface area contributed by atoms with Gasteiger partial charge in [0.2, 0.25) is 0 Å². The minimum absolute atomic E-state index is 0.353. The summed E-state index contributed by atoms with van der Waals surface area (Å²) in [6.07, 6.45) is 2.70. The molecule has 1 aliphatic rings. The number of carbonyl (C=O) groups is 1. The Morgan fingerprint density at radius 1 is 1.43 bits per heavy atom. The minimum atomic E-state index is -0.906. The van der Waals surface area contributed by atoms with Crippen molar-refractivity contribution in [3.8, 4) is 0 Å². The molecule has 1 heterocycles. The van der Waals surface area contributed by atoms with Gasteiger partial charge in [-0.1, -0.05) is 31.5 Å². The summed E-state index contributed by atoms with van der Waals surface area (Å²) in [6, 6.07) is 5.38. The van der Waals surface area contributed by atoms with Crippen LogP contribution in [0.5, 0.6) is 0 Å². The molecule has 1 aromatic heterocycles. The van der Waals surface area contributed by atoms with Gasteiger partial charge in [0.1, 0.15) is 0 Å². The third-order valence-corrected chi connectivity index (χ3v) is 4.84. The predicted molar refractivity (Wildman–Crippen MR) is 84.1 cm³/mol. The molecule has 3 rings (SSSR count). The zero-order valence-corrected chi connectivity index (χ0v) is 12.9. The van der Waals surface area contributed by atoms with E-state index in [4.69, 9.17) is 11.6 Å². The summed E-state index contributed by atoms with van der Waals surface area (Å²) >= 11 is 6.24. The van der Waals surface area contributed by atoms with E-state index in [1.54, 1.807) is 6.07 Å². The van der Waals surface area contributed by atoms with Gasteiger partial charge >= 0.3 is 5.97 Å².